The van der Waals surface area contributed by atoms with Gasteiger partial charge in [0.2, 0.25) is 0 Å². The Hall–Kier alpha value is -1.31. The summed E-state index contributed by atoms with van der Waals surface area (Å²) in [5.74, 6) is 0.400. The Morgan fingerprint density at radius 1 is 1.29 bits per heavy atom. The summed E-state index contributed by atoms with van der Waals surface area (Å²) in [4.78, 5) is 11.0. The number of allylic oxidation sites excluding steroid dienone is 5. The highest BCUT2D eigenvalue weighted by Gasteiger charge is 1.98. The van der Waals surface area contributed by atoms with E-state index in [2.05, 4.69) is 19.1 Å². The van der Waals surface area contributed by atoms with E-state index in [1.165, 1.54) is 6.08 Å². The number of esters is 1. The molecule has 0 aliphatic heterocycles. The second-order valence-electron chi connectivity index (χ2n) is 4.03. The third-order valence-electron chi connectivity index (χ3n) is 2.34. The Labute approximate surface area is 105 Å². The molecular weight excluding hydrogens is 213 g/mol. The van der Waals surface area contributed by atoms with Crippen LogP contribution in [0.25, 0.3) is 0 Å². The van der Waals surface area contributed by atoms with Crippen molar-refractivity contribution in [3.05, 3.63) is 36.5 Å². The molecule has 1 atom stereocenters. The van der Waals surface area contributed by atoms with Crippen molar-refractivity contribution in [2.45, 2.75) is 40.0 Å². The van der Waals surface area contributed by atoms with Gasteiger partial charge in [0.1, 0.15) is 0 Å². The minimum absolute atomic E-state index is 0.242. The van der Waals surface area contributed by atoms with Gasteiger partial charge in [0.25, 0.3) is 0 Å². The summed E-state index contributed by atoms with van der Waals surface area (Å²) >= 11 is 0. The van der Waals surface area contributed by atoms with Crippen molar-refractivity contribution in [3.63, 3.8) is 0 Å². The summed E-state index contributed by atoms with van der Waals surface area (Å²) in [6.07, 6.45) is 14.8. The second kappa shape index (κ2) is 11.2. The molecule has 17 heavy (non-hydrogen) atoms. The first-order valence-electron chi connectivity index (χ1n) is 6.31. The van der Waals surface area contributed by atoms with Crippen molar-refractivity contribution in [3.8, 4) is 0 Å². The zero-order valence-electron chi connectivity index (χ0n) is 11.2. The highest BCUT2D eigenvalue weighted by Crippen LogP contribution is 2.11. The molecule has 0 amide bonds. The molecule has 0 rings (SSSR count). The average molecular weight is 237 g/mol. The van der Waals surface area contributed by atoms with E-state index in [0.29, 0.717) is 12.5 Å². The van der Waals surface area contributed by atoms with Crippen LogP contribution in [0.5, 0.6) is 0 Å². The van der Waals surface area contributed by atoms with Crippen LogP contribution in [-0.4, -0.2) is 12.6 Å². The van der Waals surface area contributed by atoms with Crippen molar-refractivity contribution in [2.24, 2.45) is 5.92 Å². The van der Waals surface area contributed by atoms with Crippen molar-refractivity contribution in [1.82, 2.24) is 0 Å². The third-order valence-corrected chi connectivity index (χ3v) is 2.34. The largest absolute Gasteiger partial charge is 0.463 e. The summed E-state index contributed by atoms with van der Waals surface area (Å²) in [5.41, 5.74) is 0. The first kappa shape index (κ1) is 15.7. The van der Waals surface area contributed by atoms with Crippen molar-refractivity contribution in [2.75, 3.05) is 6.61 Å². The van der Waals surface area contributed by atoms with Gasteiger partial charge in [-0.15, -0.1) is 0 Å². The second-order valence-corrected chi connectivity index (χ2v) is 4.03. The summed E-state index contributed by atoms with van der Waals surface area (Å²) in [7, 11) is 0. The molecule has 0 aromatic rings. The number of carbonyl (C=O) groups is 1. The maximum absolute atomic E-state index is 11.0. The van der Waals surface area contributed by atoms with Gasteiger partial charge in [0.05, 0.1) is 6.61 Å². The lowest BCUT2D eigenvalue weighted by atomic mass is 10.0. The van der Waals surface area contributed by atoms with E-state index in [-0.39, 0.29) is 5.97 Å². The molecule has 0 aromatic heterocycles. The molecule has 0 unspecified atom stereocenters. The molecule has 0 heterocycles. The number of hydrogen-bond donors (Lipinski definition) is 0. The third kappa shape index (κ3) is 11.0. The number of rotatable bonds is 8. The molecule has 0 aliphatic carbocycles. The smallest absolute Gasteiger partial charge is 0.330 e. The van der Waals surface area contributed by atoms with Crippen LogP contribution in [0.3, 0.4) is 0 Å². The van der Waals surface area contributed by atoms with Gasteiger partial charge in [0.15, 0.2) is 0 Å². The fraction of sp³-hybridized carbons (Fsp3) is 0.533. The van der Waals surface area contributed by atoms with Crippen LogP contribution in [0.1, 0.15) is 40.0 Å². The van der Waals surface area contributed by atoms with E-state index < -0.39 is 0 Å². The Bertz CT molecular complexity index is 275. The van der Waals surface area contributed by atoms with Crippen LogP contribution in [0.2, 0.25) is 0 Å². The minimum atomic E-state index is -0.242. The van der Waals surface area contributed by atoms with Crippen LogP contribution >= 0.6 is 0 Å². The Balaban J connectivity index is 3.63. The SMILES string of the molecule is CCOC(=O)/C=C/CC[C@@H](C)C/C=C/C=[13CH]/C. The molecule has 2 nitrogen and oxygen atoms in total. The van der Waals surface area contributed by atoms with E-state index in [4.69, 9.17) is 4.74 Å². The molecule has 2 heteroatoms. The maximum atomic E-state index is 11.0. The summed E-state index contributed by atoms with van der Waals surface area (Å²) in [6.45, 7) is 6.48. The van der Waals surface area contributed by atoms with Gasteiger partial charge in [0, 0.05) is 6.08 Å². The Morgan fingerprint density at radius 2 is 2.06 bits per heavy atom. The van der Waals surface area contributed by atoms with Gasteiger partial charge >= 0.3 is 5.97 Å². The van der Waals surface area contributed by atoms with Crippen LogP contribution < -0.4 is 0 Å². The standard InChI is InChI=1S/C15H24O2/c1-4-6-7-8-11-14(3)12-9-10-13-15(16)17-5-2/h4,6-8,10,13-14H,5,9,11-12H2,1-3H3/b6-4+,8-7+,13-10+/t14-/m0/s1/i4+1. The summed E-state index contributed by atoms with van der Waals surface area (Å²) < 4.78 is 4.80. The normalized spacial score (nSPS) is 13.8. The van der Waals surface area contributed by atoms with E-state index in [0.717, 1.165) is 19.3 Å². The van der Waals surface area contributed by atoms with Gasteiger partial charge < -0.3 is 4.74 Å². The van der Waals surface area contributed by atoms with Gasteiger partial charge in [-0.3, -0.25) is 0 Å². The Morgan fingerprint density at radius 3 is 2.71 bits per heavy atom. The molecule has 0 saturated heterocycles. The number of hydrogen-bond acceptors (Lipinski definition) is 2. The highest BCUT2D eigenvalue weighted by molar-refractivity contribution is 5.81. The van der Waals surface area contributed by atoms with Gasteiger partial charge in [-0.25, -0.2) is 4.79 Å². The van der Waals surface area contributed by atoms with Crippen molar-refractivity contribution in [1.29, 1.82) is 0 Å². The number of ether oxygens (including phenoxy) is 1. The highest BCUT2D eigenvalue weighted by atomic mass is 16.5. The molecule has 0 N–H and O–H groups in total. The topological polar surface area (TPSA) is 26.3 Å². The van der Waals surface area contributed by atoms with Crippen molar-refractivity contribution >= 4 is 5.97 Å². The lowest BCUT2D eigenvalue weighted by molar-refractivity contribution is -0.137. The average Bonchev–Trinajstić information content (AvgIpc) is 2.31. The quantitative estimate of drug-likeness (QED) is 0.275. The number of carbonyl (C=O) groups excluding carboxylic acids is 1. The van der Waals surface area contributed by atoms with Crippen LogP contribution in [0.15, 0.2) is 36.5 Å². The summed E-state index contributed by atoms with van der Waals surface area (Å²) in [5, 5.41) is 0. The molecule has 0 spiro atoms. The fourth-order valence-corrected chi connectivity index (χ4v) is 1.37. The molecule has 0 aromatic carbocycles. The minimum Gasteiger partial charge on any atom is -0.463 e. The first-order valence-corrected chi connectivity index (χ1v) is 6.31. The zero-order valence-corrected chi connectivity index (χ0v) is 11.2. The van der Waals surface area contributed by atoms with Gasteiger partial charge in [-0.1, -0.05) is 37.3 Å². The molecule has 0 radical (unpaired) electrons. The van der Waals surface area contributed by atoms with Gasteiger partial charge in [-0.2, -0.15) is 0 Å². The molecule has 0 aliphatic rings. The lowest BCUT2D eigenvalue weighted by Crippen LogP contribution is -1.99. The zero-order chi connectivity index (χ0) is 12.9. The van der Waals surface area contributed by atoms with E-state index >= 15 is 0 Å². The predicted molar refractivity (Wildman–Crippen MR) is 72.7 cm³/mol. The Kier molecular flexibility index (Phi) is 10.3. The fourth-order valence-electron chi connectivity index (χ4n) is 1.37. The predicted octanol–water partition coefficient (Wildman–Crippen LogP) is 4.04. The maximum Gasteiger partial charge on any atom is 0.330 e. The lowest BCUT2D eigenvalue weighted by Gasteiger charge is -2.05. The van der Waals surface area contributed by atoms with E-state index in [9.17, 15) is 4.79 Å². The molecule has 0 saturated carbocycles. The van der Waals surface area contributed by atoms with Crippen LogP contribution in [-0.2, 0) is 9.53 Å². The molecule has 96 valence electrons. The molecule has 0 bridgehead atoms. The monoisotopic (exact) mass is 237 g/mol. The van der Waals surface area contributed by atoms with Gasteiger partial charge in [-0.05, 0) is 39.0 Å². The molecular formula is C15H24O2. The summed E-state index contributed by atoms with van der Waals surface area (Å²) in [6, 6.07) is 0. The van der Waals surface area contributed by atoms with E-state index in [1.807, 2.05) is 32.1 Å². The first-order chi connectivity index (χ1) is 8.20. The van der Waals surface area contributed by atoms with Crippen molar-refractivity contribution < 1.29 is 9.53 Å². The van der Waals surface area contributed by atoms with E-state index in [1.54, 1.807) is 0 Å². The van der Waals surface area contributed by atoms with Crippen LogP contribution in [0, 0.1) is 5.92 Å². The van der Waals surface area contributed by atoms with Crippen LogP contribution in [0.4, 0.5) is 0 Å². The molecule has 0 fully saturated rings.